The molecular weight excluding hydrogens is 482 g/mol. The van der Waals surface area contributed by atoms with Crippen molar-refractivity contribution in [3.05, 3.63) is 91.4 Å². The van der Waals surface area contributed by atoms with Crippen molar-refractivity contribution in [2.75, 3.05) is 0 Å². The fourth-order valence-electron chi connectivity index (χ4n) is 3.18. The summed E-state index contributed by atoms with van der Waals surface area (Å²) in [5, 5.41) is 20.2. The van der Waals surface area contributed by atoms with Gasteiger partial charge in [-0.1, -0.05) is 64.6 Å². The van der Waals surface area contributed by atoms with Crippen molar-refractivity contribution in [3.8, 4) is 11.5 Å². The summed E-state index contributed by atoms with van der Waals surface area (Å²) in [6, 6.07) is 11.4. The first-order valence-corrected chi connectivity index (χ1v) is 10.8. The zero-order valence-corrected chi connectivity index (χ0v) is 18.1. The first-order chi connectivity index (χ1) is 13.5. The van der Waals surface area contributed by atoms with Crippen LogP contribution >= 0.6 is 46.4 Å². The van der Waals surface area contributed by atoms with Gasteiger partial charge in [-0.15, -0.1) is 0 Å². The predicted octanol–water partition coefficient (Wildman–Crippen LogP) is 5.89. The Labute approximate surface area is 186 Å². The molecule has 1 unspecified atom stereocenters. The lowest BCUT2D eigenvalue weighted by Gasteiger charge is -2.34. The van der Waals surface area contributed by atoms with Crippen LogP contribution in [0.15, 0.2) is 54.6 Å². The second kappa shape index (κ2) is 7.87. The fraction of sp³-hybridized carbons (Fsp3) is 0.0526. The van der Waals surface area contributed by atoms with E-state index in [1.807, 2.05) is 0 Å². The van der Waals surface area contributed by atoms with Gasteiger partial charge < -0.3 is 10.2 Å². The van der Waals surface area contributed by atoms with Gasteiger partial charge in [0.15, 0.2) is 4.75 Å². The average Bonchev–Trinajstić information content (AvgIpc) is 2.63. The molecule has 152 valence electrons. The van der Waals surface area contributed by atoms with Crippen molar-refractivity contribution in [3.63, 3.8) is 0 Å². The lowest BCUT2D eigenvalue weighted by molar-refractivity contribution is 0.431. The molecule has 5 nitrogen and oxygen atoms in total. The molecule has 29 heavy (non-hydrogen) atoms. The van der Waals surface area contributed by atoms with Crippen LogP contribution in [0.3, 0.4) is 0 Å². The Morgan fingerprint density at radius 1 is 0.759 bits per heavy atom. The van der Waals surface area contributed by atoms with Crippen molar-refractivity contribution >= 4 is 56.5 Å². The molecular formula is C19H12Cl4O5S. The summed E-state index contributed by atoms with van der Waals surface area (Å²) in [5.41, 5.74) is -0.398. The zero-order chi connectivity index (χ0) is 21.6. The molecule has 0 radical (unpaired) electrons. The maximum atomic E-state index is 12.9. The van der Waals surface area contributed by atoms with E-state index in [1.54, 1.807) is 0 Å². The first kappa shape index (κ1) is 22.0. The SMILES string of the molecule is O=S(=O)(O)C(c1ccc(Cl)cc1)(c1ccc(O)cc1O)c1ccc(Cl)c(Cl)c1Cl. The highest BCUT2D eigenvalue weighted by molar-refractivity contribution is 7.87. The number of benzene rings is 3. The molecule has 0 saturated carbocycles. The van der Waals surface area contributed by atoms with Crippen molar-refractivity contribution in [2.24, 2.45) is 0 Å². The monoisotopic (exact) mass is 492 g/mol. The van der Waals surface area contributed by atoms with E-state index in [2.05, 4.69) is 0 Å². The molecule has 0 aliphatic rings. The molecule has 1 atom stereocenters. The normalized spacial score (nSPS) is 13.8. The fourth-order valence-corrected chi connectivity index (χ4v) is 5.37. The highest BCUT2D eigenvalue weighted by Gasteiger charge is 2.51. The van der Waals surface area contributed by atoms with Gasteiger partial charge in [0.25, 0.3) is 10.1 Å². The summed E-state index contributed by atoms with van der Waals surface area (Å²) in [6.45, 7) is 0. The van der Waals surface area contributed by atoms with Crippen molar-refractivity contribution in [2.45, 2.75) is 4.75 Å². The van der Waals surface area contributed by atoms with E-state index in [1.165, 1.54) is 36.4 Å². The number of phenolic OH excluding ortho intramolecular Hbond substituents is 2. The van der Waals surface area contributed by atoms with Crippen molar-refractivity contribution in [1.82, 2.24) is 0 Å². The highest BCUT2D eigenvalue weighted by Crippen LogP contribution is 2.51. The number of rotatable bonds is 4. The third-order valence-electron chi connectivity index (χ3n) is 4.41. The number of hydrogen-bond donors (Lipinski definition) is 3. The molecule has 0 saturated heterocycles. The Morgan fingerprint density at radius 3 is 1.90 bits per heavy atom. The van der Waals surface area contributed by atoms with Crippen LogP contribution in [-0.4, -0.2) is 23.2 Å². The van der Waals surface area contributed by atoms with Gasteiger partial charge in [-0.05, 0) is 35.9 Å². The van der Waals surface area contributed by atoms with Gasteiger partial charge in [-0.25, -0.2) is 0 Å². The van der Waals surface area contributed by atoms with E-state index in [0.29, 0.717) is 5.02 Å². The summed E-state index contributed by atoms with van der Waals surface area (Å²) in [5.74, 6) is -0.911. The molecule has 0 aromatic heterocycles. The third-order valence-corrected chi connectivity index (χ3v) is 7.41. The van der Waals surface area contributed by atoms with Crippen LogP contribution in [0.1, 0.15) is 16.7 Å². The smallest absolute Gasteiger partial charge is 0.283 e. The molecule has 0 spiro atoms. The van der Waals surface area contributed by atoms with Gasteiger partial charge in [0, 0.05) is 22.2 Å². The Morgan fingerprint density at radius 2 is 1.34 bits per heavy atom. The topological polar surface area (TPSA) is 94.8 Å². The average molecular weight is 494 g/mol. The summed E-state index contributed by atoms with van der Waals surface area (Å²) in [6.07, 6.45) is 0. The second-order valence-electron chi connectivity index (χ2n) is 6.09. The molecule has 10 heteroatoms. The van der Waals surface area contributed by atoms with Gasteiger partial charge in [0.2, 0.25) is 0 Å². The number of phenols is 2. The van der Waals surface area contributed by atoms with Gasteiger partial charge in [0.1, 0.15) is 11.5 Å². The van der Waals surface area contributed by atoms with E-state index in [4.69, 9.17) is 46.4 Å². The van der Waals surface area contributed by atoms with Crippen LogP contribution < -0.4 is 0 Å². The van der Waals surface area contributed by atoms with E-state index >= 15 is 0 Å². The van der Waals surface area contributed by atoms with Crippen LogP contribution in [0.2, 0.25) is 20.1 Å². The molecule has 0 aliphatic heterocycles. The van der Waals surface area contributed by atoms with E-state index in [-0.39, 0.29) is 37.5 Å². The highest BCUT2D eigenvalue weighted by atomic mass is 35.5. The minimum absolute atomic E-state index is 0.0191. The minimum Gasteiger partial charge on any atom is -0.508 e. The van der Waals surface area contributed by atoms with Crippen LogP contribution in [0, 0.1) is 0 Å². The van der Waals surface area contributed by atoms with Crippen LogP contribution in [-0.2, 0) is 14.9 Å². The Hall–Kier alpha value is -1.67. The molecule has 0 amide bonds. The van der Waals surface area contributed by atoms with Crippen LogP contribution in [0.4, 0.5) is 0 Å². The quantitative estimate of drug-likeness (QED) is 0.239. The van der Waals surface area contributed by atoms with Crippen LogP contribution in [0.25, 0.3) is 0 Å². The van der Waals surface area contributed by atoms with E-state index in [9.17, 15) is 23.2 Å². The van der Waals surface area contributed by atoms with Gasteiger partial charge in [0.05, 0.1) is 15.1 Å². The second-order valence-corrected chi connectivity index (χ2v) is 9.25. The largest absolute Gasteiger partial charge is 0.508 e. The molecule has 3 rings (SSSR count). The maximum Gasteiger partial charge on any atom is 0.283 e. The molecule has 0 aliphatic carbocycles. The zero-order valence-electron chi connectivity index (χ0n) is 14.3. The molecule has 3 aromatic rings. The van der Waals surface area contributed by atoms with E-state index < -0.39 is 20.6 Å². The molecule has 3 aromatic carbocycles. The van der Waals surface area contributed by atoms with Gasteiger partial charge in [-0.2, -0.15) is 8.42 Å². The number of hydrogen-bond acceptors (Lipinski definition) is 4. The summed E-state index contributed by atoms with van der Waals surface area (Å²) in [4.78, 5) is 0. The van der Waals surface area contributed by atoms with Crippen molar-refractivity contribution in [1.29, 1.82) is 0 Å². The molecule has 3 N–H and O–H groups in total. The van der Waals surface area contributed by atoms with Crippen molar-refractivity contribution < 1.29 is 23.2 Å². The molecule has 0 bridgehead atoms. The number of aromatic hydroxyl groups is 2. The molecule has 0 heterocycles. The maximum absolute atomic E-state index is 12.9. The lowest BCUT2D eigenvalue weighted by Crippen LogP contribution is -2.38. The molecule has 0 fully saturated rings. The summed E-state index contributed by atoms with van der Waals surface area (Å²) < 4.78 is 33.9. The minimum atomic E-state index is -5.06. The standard InChI is InChI=1S/C19H12Cl4O5S/c20-11-3-1-10(2-4-11)19(29(26,27)28,13-6-5-12(24)9-16(13)25)14-7-8-15(21)18(23)17(14)22/h1-9,24-25H,(H,26,27,28). The van der Waals surface area contributed by atoms with E-state index in [0.717, 1.165) is 18.2 Å². The Balaban J connectivity index is 2.59. The van der Waals surface area contributed by atoms with Gasteiger partial charge in [-0.3, -0.25) is 4.55 Å². The number of halogens is 4. The Kier molecular flexibility index (Phi) is 5.98. The summed E-state index contributed by atoms with van der Waals surface area (Å²) >= 11 is 24.4. The van der Waals surface area contributed by atoms with Gasteiger partial charge >= 0.3 is 0 Å². The summed E-state index contributed by atoms with van der Waals surface area (Å²) in [7, 11) is -5.06. The Bertz CT molecular complexity index is 1200. The van der Waals surface area contributed by atoms with Crippen LogP contribution in [0.5, 0.6) is 11.5 Å². The predicted molar refractivity (Wildman–Crippen MR) is 114 cm³/mol. The first-order valence-electron chi connectivity index (χ1n) is 7.89. The lowest BCUT2D eigenvalue weighted by atomic mass is 9.83. The third kappa shape index (κ3) is 3.65.